The summed E-state index contributed by atoms with van der Waals surface area (Å²) in [5, 5.41) is 2.62. The topological polar surface area (TPSA) is 94.0 Å². The smallest absolute Gasteiger partial charge is 0.229 e. The Labute approximate surface area is 153 Å². The summed E-state index contributed by atoms with van der Waals surface area (Å²) in [6.07, 6.45) is 5.56. The molecular weight excluding hydrogens is 358 g/mol. The van der Waals surface area contributed by atoms with Crippen LogP contribution in [-0.4, -0.2) is 28.9 Å². The number of thiazole rings is 1. The minimum atomic E-state index is -1.75. The molecule has 4 rings (SSSR count). The van der Waals surface area contributed by atoms with Crippen molar-refractivity contribution in [3.8, 4) is 11.3 Å². The zero-order chi connectivity index (χ0) is 18.7. The quantitative estimate of drug-likeness (QED) is 0.532. The van der Waals surface area contributed by atoms with Crippen molar-refractivity contribution in [3.05, 3.63) is 29.4 Å². The van der Waals surface area contributed by atoms with Crippen molar-refractivity contribution in [2.75, 3.05) is 24.7 Å². The predicted molar refractivity (Wildman–Crippen MR) is 101 cm³/mol. The molecule has 0 aliphatic heterocycles. The van der Waals surface area contributed by atoms with Gasteiger partial charge in [-0.1, -0.05) is 17.8 Å². The van der Waals surface area contributed by atoms with Gasteiger partial charge in [0.15, 0.2) is 5.82 Å². The Bertz CT molecular complexity index is 894. The average Bonchev–Trinajstić information content (AvgIpc) is 2.95. The summed E-state index contributed by atoms with van der Waals surface area (Å²) in [5.41, 5.74) is 9.26. The van der Waals surface area contributed by atoms with E-state index in [4.69, 9.17) is 21.5 Å². The molecule has 0 amide bonds. The Morgan fingerprint density at radius 2 is 2.00 bits per heavy atom. The molecule has 3 aromatic rings. The highest BCUT2D eigenvalue weighted by molar-refractivity contribution is 7.18. The van der Waals surface area contributed by atoms with Crippen molar-refractivity contribution in [2.24, 2.45) is 5.84 Å². The van der Waals surface area contributed by atoms with Crippen LogP contribution in [-0.2, 0) is 0 Å². The number of pyridine rings is 2. The molecule has 3 aromatic heterocycles. The third-order valence-electron chi connectivity index (χ3n) is 4.25. The molecule has 0 radical (unpaired) electrons. The van der Waals surface area contributed by atoms with Gasteiger partial charge in [0.2, 0.25) is 6.93 Å². The van der Waals surface area contributed by atoms with Gasteiger partial charge in [0.05, 0.1) is 16.4 Å². The lowest BCUT2D eigenvalue weighted by Crippen LogP contribution is -2.27. The minimum Gasteiger partial charge on any atom is -0.396 e. The number of rotatable bonds is 3. The van der Waals surface area contributed by atoms with Gasteiger partial charge in [-0.05, 0) is 31.0 Å². The van der Waals surface area contributed by atoms with Gasteiger partial charge in [-0.15, -0.1) is 0 Å². The normalized spacial score (nSPS) is 13.8. The molecule has 0 bridgehead atoms. The van der Waals surface area contributed by atoms with Crippen LogP contribution in [0.25, 0.3) is 21.6 Å². The van der Waals surface area contributed by atoms with Gasteiger partial charge < -0.3 is 5.73 Å². The molecule has 0 saturated heterocycles. The standard InChI is InChI=1S/C16H18N6S.CH2F2/c1-22(18)14-11(17)7-10(8-19-14)12-5-6-13-16(20-12)23-15(21-13)9-3-2-4-9;2-1-3/h5-9H,2-4,17-18H2,1H3;1H2. The summed E-state index contributed by atoms with van der Waals surface area (Å²) in [5.74, 6) is 6.89. The summed E-state index contributed by atoms with van der Waals surface area (Å²) in [6, 6.07) is 5.85. The van der Waals surface area contributed by atoms with Gasteiger partial charge in [-0.25, -0.2) is 29.6 Å². The van der Waals surface area contributed by atoms with E-state index in [2.05, 4.69) is 4.98 Å². The van der Waals surface area contributed by atoms with Crippen LogP contribution in [0.1, 0.15) is 30.2 Å². The number of hydrazine groups is 1. The Morgan fingerprint density at radius 3 is 2.58 bits per heavy atom. The first-order valence-corrected chi connectivity index (χ1v) is 8.99. The maximum absolute atomic E-state index is 9.62. The molecule has 9 heteroatoms. The molecule has 0 atom stereocenters. The molecule has 4 N–H and O–H groups in total. The van der Waals surface area contributed by atoms with E-state index in [1.165, 1.54) is 29.3 Å². The number of anilines is 2. The second-order valence-electron chi connectivity index (χ2n) is 6.05. The molecular formula is C17H20F2N6S. The second kappa shape index (κ2) is 7.88. The lowest BCUT2D eigenvalue weighted by Gasteiger charge is -2.22. The summed E-state index contributed by atoms with van der Waals surface area (Å²) in [7, 11) is 1.71. The van der Waals surface area contributed by atoms with Crippen LogP contribution in [0.5, 0.6) is 0 Å². The molecule has 0 aromatic carbocycles. The van der Waals surface area contributed by atoms with E-state index in [1.54, 1.807) is 24.6 Å². The van der Waals surface area contributed by atoms with E-state index < -0.39 is 6.93 Å². The van der Waals surface area contributed by atoms with Crippen molar-refractivity contribution < 1.29 is 8.78 Å². The third-order valence-corrected chi connectivity index (χ3v) is 5.38. The van der Waals surface area contributed by atoms with Crippen LogP contribution in [0.3, 0.4) is 0 Å². The fourth-order valence-corrected chi connectivity index (χ4v) is 3.84. The van der Waals surface area contributed by atoms with E-state index in [0.717, 1.165) is 21.6 Å². The molecule has 6 nitrogen and oxygen atoms in total. The average molecular weight is 378 g/mol. The highest BCUT2D eigenvalue weighted by Gasteiger charge is 2.23. The monoisotopic (exact) mass is 378 g/mol. The number of hydrogen-bond acceptors (Lipinski definition) is 7. The van der Waals surface area contributed by atoms with Gasteiger partial charge in [-0.3, -0.25) is 5.01 Å². The third kappa shape index (κ3) is 3.73. The number of fused-ring (bicyclic) bond motifs is 1. The Kier molecular flexibility index (Phi) is 5.58. The van der Waals surface area contributed by atoms with Crippen molar-refractivity contribution in [2.45, 2.75) is 25.2 Å². The Balaban J connectivity index is 0.000000613. The number of nitrogens with two attached hydrogens (primary N) is 2. The van der Waals surface area contributed by atoms with Crippen molar-refractivity contribution in [1.82, 2.24) is 15.0 Å². The summed E-state index contributed by atoms with van der Waals surface area (Å²) >= 11 is 1.70. The first kappa shape index (κ1) is 18.4. The fourth-order valence-electron chi connectivity index (χ4n) is 2.73. The largest absolute Gasteiger partial charge is 0.396 e. The molecule has 3 heterocycles. The maximum Gasteiger partial charge on any atom is 0.229 e. The van der Waals surface area contributed by atoms with Crippen LogP contribution < -0.4 is 16.6 Å². The van der Waals surface area contributed by atoms with E-state index in [1.807, 2.05) is 18.2 Å². The van der Waals surface area contributed by atoms with Crippen molar-refractivity contribution >= 4 is 33.2 Å². The molecule has 1 saturated carbocycles. The first-order valence-electron chi connectivity index (χ1n) is 8.17. The summed E-state index contributed by atoms with van der Waals surface area (Å²) < 4.78 is 19.2. The first-order chi connectivity index (χ1) is 12.5. The number of alkyl halides is 2. The Morgan fingerprint density at radius 1 is 1.27 bits per heavy atom. The molecule has 0 unspecified atom stereocenters. The number of halogens is 2. The lowest BCUT2D eigenvalue weighted by atomic mass is 9.86. The molecule has 138 valence electrons. The molecule has 1 fully saturated rings. The number of hydrogen-bond donors (Lipinski definition) is 2. The van der Waals surface area contributed by atoms with Gasteiger partial charge >= 0.3 is 0 Å². The van der Waals surface area contributed by atoms with E-state index in [0.29, 0.717) is 17.4 Å². The lowest BCUT2D eigenvalue weighted by molar-refractivity contribution is 0.295. The maximum atomic E-state index is 9.62. The zero-order valence-electron chi connectivity index (χ0n) is 14.3. The molecule has 1 aliphatic carbocycles. The SMILES string of the molecule is CN(N)c1ncc(-c2ccc3nc(C4CCC4)sc3n2)cc1N.FCF. The number of nitrogen functional groups attached to an aromatic ring is 1. The van der Waals surface area contributed by atoms with Gasteiger partial charge in [0.25, 0.3) is 0 Å². The number of aromatic nitrogens is 3. The van der Waals surface area contributed by atoms with E-state index in [-0.39, 0.29) is 0 Å². The highest BCUT2D eigenvalue weighted by atomic mass is 32.1. The predicted octanol–water partition coefficient (Wildman–Crippen LogP) is 3.80. The highest BCUT2D eigenvalue weighted by Crippen LogP contribution is 2.39. The fraction of sp³-hybridized carbons (Fsp3) is 0.353. The molecule has 1 aliphatic rings. The van der Waals surface area contributed by atoms with Crippen LogP contribution in [0.2, 0.25) is 0 Å². The summed E-state index contributed by atoms with van der Waals surface area (Å²) in [6.45, 7) is -1.75. The van der Waals surface area contributed by atoms with E-state index >= 15 is 0 Å². The number of nitrogens with zero attached hydrogens (tertiary/aromatic N) is 4. The van der Waals surface area contributed by atoms with E-state index in [9.17, 15) is 8.78 Å². The van der Waals surface area contributed by atoms with Crippen LogP contribution in [0, 0.1) is 0 Å². The summed E-state index contributed by atoms with van der Waals surface area (Å²) in [4.78, 5) is 14.7. The van der Waals surface area contributed by atoms with Gasteiger partial charge in [0, 0.05) is 24.7 Å². The van der Waals surface area contributed by atoms with Crippen molar-refractivity contribution in [3.63, 3.8) is 0 Å². The molecule has 0 spiro atoms. The molecule has 26 heavy (non-hydrogen) atoms. The van der Waals surface area contributed by atoms with Gasteiger partial charge in [-0.2, -0.15) is 0 Å². The Hall–Kier alpha value is -2.39. The van der Waals surface area contributed by atoms with Crippen molar-refractivity contribution in [1.29, 1.82) is 0 Å². The zero-order valence-corrected chi connectivity index (χ0v) is 15.1. The second-order valence-corrected chi connectivity index (χ2v) is 7.06. The van der Waals surface area contributed by atoms with Crippen LogP contribution in [0.15, 0.2) is 24.4 Å². The van der Waals surface area contributed by atoms with Crippen LogP contribution in [0.4, 0.5) is 20.3 Å². The van der Waals surface area contributed by atoms with Crippen LogP contribution >= 0.6 is 11.3 Å². The van der Waals surface area contributed by atoms with Gasteiger partial charge in [0.1, 0.15) is 10.3 Å². The minimum absolute atomic E-state index is 0.536.